The Bertz CT molecular complexity index is 1030. The summed E-state index contributed by atoms with van der Waals surface area (Å²) in [6.07, 6.45) is -21.8. The lowest BCUT2D eigenvalue weighted by atomic mass is 10.0. The van der Waals surface area contributed by atoms with Gasteiger partial charge >= 0.3 is 0 Å². The molecule has 0 aliphatic carbocycles. The van der Waals surface area contributed by atoms with Gasteiger partial charge in [0, 0.05) is 45.8 Å². The van der Waals surface area contributed by atoms with Crippen molar-refractivity contribution in [1.29, 1.82) is 0 Å². The minimum Gasteiger partial charge on any atom is -0.394 e. The van der Waals surface area contributed by atoms with Crippen molar-refractivity contribution < 1.29 is 91.0 Å². The van der Waals surface area contributed by atoms with Crippen LogP contribution in [0, 0.1) is 0 Å². The zero-order valence-corrected chi connectivity index (χ0v) is 31.1. The third-order valence-electron chi connectivity index (χ3n) is 8.65. The standard InChI is InChI=1S/C31H64N6O18/c1-3-36(11-23(47)32-8-17(41)26(50)29(53)20(44)14-38)6-4-35(2)5-7-37(12-24(48)33-9-18(42)27(51)30(54)21(45)15-39)13-25(49)34-10-19(43)28(52)31(55)22(46)16-40/h17-22,26-31,38-46,50-55H,3-16H2,1-2H3,(H,32,47)(H,33,48)(H,34,49). The number of aliphatic hydroxyl groups excluding tert-OH is 15. The van der Waals surface area contributed by atoms with Crippen LogP contribution in [0.15, 0.2) is 0 Å². The third-order valence-corrected chi connectivity index (χ3v) is 8.65. The molecule has 24 nitrogen and oxygen atoms in total. The van der Waals surface area contributed by atoms with Crippen LogP contribution in [0.3, 0.4) is 0 Å². The first-order valence-corrected chi connectivity index (χ1v) is 17.7. The second-order valence-electron chi connectivity index (χ2n) is 13.2. The lowest BCUT2D eigenvalue weighted by Gasteiger charge is -2.28. The Labute approximate surface area is 318 Å². The van der Waals surface area contributed by atoms with Crippen molar-refractivity contribution in [1.82, 2.24) is 30.7 Å². The molecule has 0 rings (SSSR count). The highest BCUT2D eigenvalue weighted by atomic mass is 16.4. The van der Waals surface area contributed by atoms with Gasteiger partial charge in [-0.05, 0) is 13.6 Å². The summed E-state index contributed by atoms with van der Waals surface area (Å²) >= 11 is 0. The maximum absolute atomic E-state index is 12.8. The van der Waals surface area contributed by atoms with Crippen molar-refractivity contribution in [3.05, 3.63) is 0 Å². The molecule has 0 spiro atoms. The molecule has 0 aromatic carbocycles. The molecular formula is C31H64N6O18. The van der Waals surface area contributed by atoms with Gasteiger partial charge in [0.05, 0.1) is 57.8 Å². The summed E-state index contributed by atoms with van der Waals surface area (Å²) in [5, 5.41) is 152. The van der Waals surface area contributed by atoms with Gasteiger partial charge in [-0.2, -0.15) is 0 Å². The van der Waals surface area contributed by atoms with Gasteiger partial charge in [0.2, 0.25) is 17.7 Å². The number of carbonyl (C=O) groups excluding carboxylic acids is 3. The molecule has 0 bridgehead atoms. The van der Waals surface area contributed by atoms with Crippen LogP contribution >= 0.6 is 0 Å². The van der Waals surface area contributed by atoms with Crippen LogP contribution in [0.5, 0.6) is 0 Å². The third kappa shape index (κ3) is 20.6. The Kier molecular flexibility index (Phi) is 27.0. The summed E-state index contributed by atoms with van der Waals surface area (Å²) in [4.78, 5) is 42.9. The minimum atomic E-state index is -1.93. The Morgan fingerprint density at radius 2 is 0.691 bits per heavy atom. The van der Waals surface area contributed by atoms with E-state index in [0.29, 0.717) is 19.6 Å². The van der Waals surface area contributed by atoms with Crippen LogP contribution in [0.2, 0.25) is 0 Å². The predicted octanol–water partition coefficient (Wildman–Crippen LogP) is -11.8. The molecule has 0 heterocycles. The number of aliphatic hydroxyl groups is 15. The van der Waals surface area contributed by atoms with Crippen LogP contribution < -0.4 is 16.0 Å². The van der Waals surface area contributed by atoms with E-state index in [2.05, 4.69) is 16.0 Å². The quantitative estimate of drug-likeness (QED) is 0.0309. The molecule has 55 heavy (non-hydrogen) atoms. The highest BCUT2D eigenvalue weighted by molar-refractivity contribution is 5.81. The average Bonchev–Trinajstić information content (AvgIpc) is 3.18. The molecule has 24 heteroatoms. The van der Waals surface area contributed by atoms with Gasteiger partial charge in [-0.15, -0.1) is 0 Å². The van der Waals surface area contributed by atoms with E-state index in [1.807, 2.05) is 0 Å². The van der Waals surface area contributed by atoms with Gasteiger partial charge in [-0.1, -0.05) is 6.92 Å². The van der Waals surface area contributed by atoms with Crippen molar-refractivity contribution in [3.8, 4) is 0 Å². The smallest absolute Gasteiger partial charge is 0.234 e. The normalized spacial score (nSPS) is 18.8. The molecule has 0 saturated carbocycles. The Hall–Kier alpha value is -2.31. The maximum atomic E-state index is 12.8. The highest BCUT2D eigenvalue weighted by Crippen LogP contribution is 2.07. The zero-order chi connectivity index (χ0) is 42.4. The van der Waals surface area contributed by atoms with Crippen molar-refractivity contribution in [3.63, 3.8) is 0 Å². The summed E-state index contributed by atoms with van der Waals surface area (Å²) in [6.45, 7) is -2.05. The first-order chi connectivity index (χ1) is 25.7. The topological polar surface area (TPSA) is 400 Å². The molecule has 0 aromatic rings. The number of nitrogens with zero attached hydrogens (tertiary/aromatic N) is 3. The van der Waals surface area contributed by atoms with Crippen LogP contribution in [-0.2, 0) is 14.4 Å². The van der Waals surface area contributed by atoms with Crippen LogP contribution in [0.25, 0.3) is 0 Å². The summed E-state index contributed by atoms with van der Waals surface area (Å²) < 4.78 is 0. The molecule has 0 radical (unpaired) electrons. The van der Waals surface area contributed by atoms with Gasteiger partial charge in [-0.3, -0.25) is 24.2 Å². The zero-order valence-electron chi connectivity index (χ0n) is 31.1. The SMILES string of the molecule is CCN(CCN(C)CCN(CC(=O)NCC(O)C(O)C(O)C(O)CO)CC(=O)NCC(O)C(O)C(O)C(O)CO)CC(=O)NCC(O)C(O)C(O)C(O)CO. The number of hydrogen-bond acceptors (Lipinski definition) is 21. The van der Waals surface area contributed by atoms with Crippen LogP contribution in [0.4, 0.5) is 0 Å². The van der Waals surface area contributed by atoms with E-state index in [1.54, 1.807) is 23.8 Å². The fourth-order valence-corrected chi connectivity index (χ4v) is 4.78. The number of likely N-dealkylation sites (N-methyl/N-ethyl adjacent to an activating group) is 2. The lowest BCUT2D eigenvalue weighted by molar-refractivity contribution is -0.129. The van der Waals surface area contributed by atoms with E-state index in [-0.39, 0.29) is 19.6 Å². The van der Waals surface area contributed by atoms with Crippen molar-refractivity contribution in [2.24, 2.45) is 0 Å². The van der Waals surface area contributed by atoms with Gasteiger partial charge in [-0.25, -0.2) is 0 Å². The van der Waals surface area contributed by atoms with E-state index >= 15 is 0 Å². The second-order valence-corrected chi connectivity index (χ2v) is 13.2. The van der Waals surface area contributed by atoms with Gasteiger partial charge in [0.1, 0.15) is 54.9 Å². The summed E-state index contributed by atoms with van der Waals surface area (Å²) in [7, 11) is 1.71. The molecule has 12 atom stereocenters. The lowest BCUT2D eigenvalue weighted by Crippen LogP contribution is -2.52. The number of hydrogen-bond donors (Lipinski definition) is 18. The fourth-order valence-electron chi connectivity index (χ4n) is 4.78. The molecule has 3 amide bonds. The molecule has 18 N–H and O–H groups in total. The number of rotatable bonds is 31. The minimum absolute atomic E-state index is 0.0696. The average molecular weight is 809 g/mol. The Morgan fingerprint density at radius 3 is 0.964 bits per heavy atom. The number of nitrogens with one attached hydrogen (secondary N) is 3. The van der Waals surface area contributed by atoms with E-state index in [4.69, 9.17) is 15.3 Å². The van der Waals surface area contributed by atoms with E-state index in [0.717, 1.165) is 0 Å². The molecule has 12 unspecified atom stereocenters. The molecule has 0 aromatic heterocycles. The summed E-state index contributed by atoms with van der Waals surface area (Å²) in [5.41, 5.74) is 0. The Balaban J connectivity index is 5.31. The van der Waals surface area contributed by atoms with E-state index < -0.39 is 144 Å². The molecular weight excluding hydrogens is 744 g/mol. The van der Waals surface area contributed by atoms with E-state index in [1.165, 1.54) is 4.90 Å². The van der Waals surface area contributed by atoms with Gasteiger partial charge < -0.3 is 97.4 Å². The molecule has 0 aliphatic rings. The largest absolute Gasteiger partial charge is 0.394 e. The van der Waals surface area contributed by atoms with Gasteiger partial charge in [0.15, 0.2) is 0 Å². The second kappa shape index (κ2) is 28.1. The van der Waals surface area contributed by atoms with Crippen molar-refractivity contribution in [2.45, 2.75) is 80.2 Å². The first kappa shape index (κ1) is 52.7. The highest BCUT2D eigenvalue weighted by Gasteiger charge is 2.32. The summed E-state index contributed by atoms with van der Waals surface area (Å²) in [6, 6.07) is 0. The fraction of sp³-hybridized carbons (Fsp3) is 0.903. The Morgan fingerprint density at radius 1 is 0.436 bits per heavy atom. The van der Waals surface area contributed by atoms with Crippen LogP contribution in [0.1, 0.15) is 6.92 Å². The van der Waals surface area contributed by atoms with E-state index in [9.17, 15) is 75.7 Å². The predicted molar refractivity (Wildman–Crippen MR) is 188 cm³/mol. The van der Waals surface area contributed by atoms with Crippen LogP contribution in [-0.4, -0.2) is 281 Å². The first-order valence-electron chi connectivity index (χ1n) is 17.7. The molecule has 0 fully saturated rings. The molecule has 326 valence electrons. The van der Waals surface area contributed by atoms with Gasteiger partial charge in [0.25, 0.3) is 0 Å². The van der Waals surface area contributed by atoms with Crippen molar-refractivity contribution >= 4 is 17.7 Å². The molecule has 0 aliphatic heterocycles. The summed E-state index contributed by atoms with van der Waals surface area (Å²) in [5.74, 6) is -2.00. The number of carbonyl (C=O) groups is 3. The number of amides is 3. The maximum Gasteiger partial charge on any atom is 0.234 e. The van der Waals surface area contributed by atoms with Crippen molar-refractivity contribution in [2.75, 3.05) is 98.9 Å². The monoisotopic (exact) mass is 808 g/mol. The molecule has 0 saturated heterocycles.